The third-order valence-corrected chi connectivity index (χ3v) is 10.9. The fourth-order valence-electron chi connectivity index (χ4n) is 8.92. The molecule has 0 saturated heterocycles. The lowest BCUT2D eigenvalue weighted by Crippen LogP contribution is -2.25. The summed E-state index contributed by atoms with van der Waals surface area (Å²) in [6.45, 7) is 0. The monoisotopic (exact) mass is 620 g/mol. The molecule has 226 valence electrons. The summed E-state index contributed by atoms with van der Waals surface area (Å²) in [6.07, 6.45) is 1.84. The molecule has 0 atom stereocenters. The van der Waals surface area contributed by atoms with Gasteiger partial charge in [0.25, 0.3) is 0 Å². The van der Waals surface area contributed by atoms with E-state index in [1.165, 1.54) is 71.8 Å². The summed E-state index contributed by atoms with van der Waals surface area (Å²) in [7, 11) is 0. The van der Waals surface area contributed by atoms with Crippen molar-refractivity contribution in [2.75, 3.05) is 0 Å². The normalized spacial score (nSPS) is 13.5. The molecule has 11 rings (SSSR count). The van der Waals surface area contributed by atoms with Crippen LogP contribution in [-0.2, 0) is 5.41 Å². The molecule has 0 fully saturated rings. The van der Waals surface area contributed by atoms with Gasteiger partial charge in [-0.2, -0.15) is 0 Å². The quantitative estimate of drug-likeness (QED) is 0.180. The smallest absolute Gasteiger partial charge is 0.0788 e. The van der Waals surface area contributed by atoms with Crippen molar-refractivity contribution >= 4 is 32.6 Å². The largest absolute Gasteiger partial charge is 0.256 e. The Kier molecular flexibility index (Phi) is 5.34. The maximum atomic E-state index is 5.35. The third kappa shape index (κ3) is 3.50. The molecule has 49 heavy (non-hydrogen) atoms. The van der Waals surface area contributed by atoms with E-state index < -0.39 is 0 Å². The number of nitrogens with zero attached hydrogens (tertiary/aromatic N) is 2. The minimum Gasteiger partial charge on any atom is -0.256 e. The molecule has 2 aliphatic rings. The van der Waals surface area contributed by atoms with E-state index in [2.05, 4.69) is 163 Å². The number of hydrogen-bond acceptors (Lipinski definition) is 2. The van der Waals surface area contributed by atoms with E-state index in [1.807, 2.05) is 12.3 Å². The Morgan fingerprint density at radius 2 is 1.04 bits per heavy atom. The number of pyridine rings is 2. The first-order valence-corrected chi connectivity index (χ1v) is 16.9. The van der Waals surface area contributed by atoms with Crippen LogP contribution >= 0.6 is 0 Å². The van der Waals surface area contributed by atoms with Crippen molar-refractivity contribution in [1.82, 2.24) is 9.97 Å². The maximum Gasteiger partial charge on any atom is 0.0788 e. The molecule has 0 amide bonds. The summed E-state index contributed by atoms with van der Waals surface area (Å²) >= 11 is 0. The molecule has 9 aromatic rings. The molecule has 0 radical (unpaired) electrons. The first kappa shape index (κ1) is 26.7. The molecule has 0 unspecified atom stereocenters. The summed E-state index contributed by atoms with van der Waals surface area (Å²) in [4.78, 5) is 9.85. The van der Waals surface area contributed by atoms with Crippen molar-refractivity contribution in [2.24, 2.45) is 0 Å². The Balaban J connectivity index is 1.19. The van der Waals surface area contributed by atoms with Gasteiger partial charge in [0, 0.05) is 33.3 Å². The Bertz CT molecular complexity index is 2780. The minimum absolute atomic E-state index is 0.380. The van der Waals surface area contributed by atoms with Crippen molar-refractivity contribution in [3.63, 3.8) is 0 Å². The van der Waals surface area contributed by atoms with E-state index in [9.17, 15) is 0 Å². The molecule has 0 bridgehead atoms. The van der Waals surface area contributed by atoms with E-state index in [0.29, 0.717) is 0 Å². The summed E-state index contributed by atoms with van der Waals surface area (Å²) < 4.78 is 0. The highest BCUT2D eigenvalue weighted by atomic mass is 14.7. The molecule has 1 spiro atoms. The molecule has 0 N–H and O–H groups in total. The van der Waals surface area contributed by atoms with E-state index in [-0.39, 0.29) is 5.41 Å². The number of aromatic nitrogens is 2. The zero-order valence-corrected chi connectivity index (χ0v) is 26.6. The molecular formula is C47H28N2. The number of fused-ring (bicyclic) bond motifs is 15. The molecule has 2 aromatic heterocycles. The topological polar surface area (TPSA) is 25.8 Å². The van der Waals surface area contributed by atoms with Crippen LogP contribution in [0.3, 0.4) is 0 Å². The van der Waals surface area contributed by atoms with Crippen LogP contribution in [0.5, 0.6) is 0 Å². The Labute approximate surface area is 284 Å². The van der Waals surface area contributed by atoms with Gasteiger partial charge in [-0.05, 0) is 79.9 Å². The van der Waals surface area contributed by atoms with Gasteiger partial charge in [-0.1, -0.05) is 140 Å². The third-order valence-electron chi connectivity index (χ3n) is 10.9. The van der Waals surface area contributed by atoms with Crippen LogP contribution in [0.15, 0.2) is 170 Å². The molecule has 2 nitrogen and oxygen atoms in total. The highest BCUT2D eigenvalue weighted by Crippen LogP contribution is 2.64. The van der Waals surface area contributed by atoms with Gasteiger partial charge in [-0.15, -0.1) is 0 Å². The van der Waals surface area contributed by atoms with Crippen LogP contribution in [0, 0.1) is 0 Å². The summed E-state index contributed by atoms with van der Waals surface area (Å²) in [5.74, 6) is 0. The van der Waals surface area contributed by atoms with Crippen molar-refractivity contribution in [2.45, 2.75) is 5.41 Å². The molecule has 0 saturated carbocycles. The highest BCUT2D eigenvalue weighted by molar-refractivity contribution is 6.20. The van der Waals surface area contributed by atoms with E-state index in [0.717, 1.165) is 27.7 Å². The van der Waals surface area contributed by atoms with Crippen LogP contribution in [0.25, 0.3) is 77.2 Å². The molecule has 0 aliphatic heterocycles. The highest BCUT2D eigenvalue weighted by Gasteiger charge is 2.52. The molecule has 2 heteroatoms. The fourth-order valence-corrected chi connectivity index (χ4v) is 8.92. The van der Waals surface area contributed by atoms with Crippen LogP contribution in [-0.4, -0.2) is 9.97 Å². The van der Waals surface area contributed by atoms with Crippen LogP contribution in [0.2, 0.25) is 0 Å². The second-order valence-corrected chi connectivity index (χ2v) is 13.3. The van der Waals surface area contributed by atoms with Crippen molar-refractivity contribution < 1.29 is 0 Å². The Morgan fingerprint density at radius 1 is 0.408 bits per heavy atom. The average molecular weight is 621 g/mol. The van der Waals surface area contributed by atoms with Gasteiger partial charge in [0.1, 0.15) is 0 Å². The first-order chi connectivity index (χ1) is 24.3. The zero-order chi connectivity index (χ0) is 32.1. The standard InChI is InChI=1S/C47H28N2/c1-5-15-38-33(11-1)34-12-2-6-16-39(34)47(38)40-17-7-3-13-35(40)45-41(47)25-24-37-44(45)36-14-4-8-18-43(36)49-46(37)30-21-19-29(20-22-30)31-23-26-42-32(28-31)10-9-27-48-42/h1-28H. The first-order valence-electron chi connectivity index (χ1n) is 16.9. The van der Waals surface area contributed by atoms with E-state index in [4.69, 9.17) is 4.98 Å². The summed E-state index contributed by atoms with van der Waals surface area (Å²) in [6, 6.07) is 60.0. The van der Waals surface area contributed by atoms with Crippen molar-refractivity contribution in [1.29, 1.82) is 0 Å². The Hall–Kier alpha value is -6.38. The van der Waals surface area contributed by atoms with Gasteiger partial charge in [-0.25, -0.2) is 4.98 Å². The van der Waals surface area contributed by atoms with Gasteiger partial charge < -0.3 is 0 Å². The number of para-hydroxylation sites is 1. The molecular weight excluding hydrogens is 593 g/mol. The SMILES string of the molecule is c1ccc2c(c1)-c1ccccc1C21c2ccccc2-c2c1ccc1c(-c3ccc(-c4ccc5ncccc5c4)cc3)nc3ccccc3c21. The van der Waals surface area contributed by atoms with Gasteiger partial charge in [-0.3, -0.25) is 4.98 Å². The van der Waals surface area contributed by atoms with Crippen LogP contribution < -0.4 is 0 Å². The summed E-state index contributed by atoms with van der Waals surface area (Å²) in [5, 5.41) is 4.78. The lowest BCUT2D eigenvalue weighted by atomic mass is 9.70. The Morgan fingerprint density at radius 3 is 1.82 bits per heavy atom. The number of benzene rings is 7. The van der Waals surface area contributed by atoms with Crippen molar-refractivity contribution in [3.05, 3.63) is 192 Å². The lowest BCUT2D eigenvalue weighted by molar-refractivity contribution is 0.794. The van der Waals surface area contributed by atoms with Gasteiger partial charge in [0.2, 0.25) is 0 Å². The molecule has 7 aromatic carbocycles. The number of rotatable bonds is 2. The predicted molar refractivity (Wildman–Crippen MR) is 202 cm³/mol. The molecule has 2 heterocycles. The minimum atomic E-state index is -0.380. The second kappa shape index (κ2) is 9.82. The molecule has 2 aliphatic carbocycles. The number of hydrogen-bond donors (Lipinski definition) is 0. The zero-order valence-electron chi connectivity index (χ0n) is 26.6. The second-order valence-electron chi connectivity index (χ2n) is 13.3. The lowest BCUT2D eigenvalue weighted by Gasteiger charge is -2.30. The maximum absolute atomic E-state index is 5.35. The fraction of sp³-hybridized carbons (Fsp3) is 0.0213. The predicted octanol–water partition coefficient (Wildman–Crippen LogP) is 11.6. The average Bonchev–Trinajstić information content (AvgIpc) is 3.65. The van der Waals surface area contributed by atoms with Crippen LogP contribution in [0.1, 0.15) is 22.3 Å². The van der Waals surface area contributed by atoms with Gasteiger partial charge in [0.05, 0.1) is 22.1 Å². The summed E-state index contributed by atoms with van der Waals surface area (Å²) in [5.41, 5.74) is 16.8. The van der Waals surface area contributed by atoms with Crippen molar-refractivity contribution in [3.8, 4) is 44.6 Å². The van der Waals surface area contributed by atoms with E-state index >= 15 is 0 Å². The van der Waals surface area contributed by atoms with Gasteiger partial charge in [0.15, 0.2) is 0 Å². The van der Waals surface area contributed by atoms with Gasteiger partial charge >= 0.3 is 0 Å². The van der Waals surface area contributed by atoms with E-state index in [1.54, 1.807) is 0 Å². The van der Waals surface area contributed by atoms with Crippen LogP contribution in [0.4, 0.5) is 0 Å².